The highest BCUT2D eigenvalue weighted by molar-refractivity contribution is 8.00. The average molecular weight is 355 g/mol. The molecule has 1 aliphatic heterocycles. The molecule has 2 N–H and O–H groups in total. The topological polar surface area (TPSA) is 66.4 Å². The van der Waals surface area contributed by atoms with Gasteiger partial charge in [-0.2, -0.15) is 0 Å². The number of carboxylic acid groups (broad SMARTS) is 1. The molecule has 1 aliphatic rings. The fraction of sp³-hybridized carbons (Fsp3) is 0.300. The third-order valence-corrected chi connectivity index (χ3v) is 5.67. The van der Waals surface area contributed by atoms with Crippen LogP contribution in [0.3, 0.4) is 0 Å². The molecule has 3 rings (SSSR count). The second-order valence-electron chi connectivity index (χ2n) is 6.17. The predicted octanol–water partition coefficient (Wildman–Crippen LogP) is 3.08. The fourth-order valence-electron chi connectivity index (χ4n) is 3.07. The van der Waals surface area contributed by atoms with Crippen LogP contribution in [-0.2, 0) is 22.4 Å². The number of fused-ring (bicyclic) bond motifs is 1. The molecule has 2 aromatic rings. The molecule has 25 heavy (non-hydrogen) atoms. The number of aliphatic carboxylic acids is 1. The van der Waals surface area contributed by atoms with E-state index in [4.69, 9.17) is 0 Å². The first kappa shape index (κ1) is 17.5. The SMILES string of the molecule is O=C(O)C(CNC(=O)C1SCCc2ccccc21)Cc1ccccc1. The zero-order chi connectivity index (χ0) is 17.6. The van der Waals surface area contributed by atoms with Gasteiger partial charge in [0, 0.05) is 6.54 Å². The third-order valence-electron chi connectivity index (χ3n) is 4.43. The lowest BCUT2D eigenvalue weighted by Gasteiger charge is -2.25. The molecular weight excluding hydrogens is 334 g/mol. The van der Waals surface area contributed by atoms with Crippen molar-refractivity contribution in [3.63, 3.8) is 0 Å². The smallest absolute Gasteiger partial charge is 0.308 e. The van der Waals surface area contributed by atoms with Gasteiger partial charge in [0.05, 0.1) is 5.92 Å². The van der Waals surface area contributed by atoms with Gasteiger partial charge in [-0.15, -0.1) is 11.8 Å². The summed E-state index contributed by atoms with van der Waals surface area (Å²) in [5.74, 6) is -0.714. The van der Waals surface area contributed by atoms with Gasteiger partial charge in [-0.3, -0.25) is 9.59 Å². The maximum absolute atomic E-state index is 12.6. The van der Waals surface area contributed by atoms with Crippen LogP contribution in [0, 0.1) is 5.92 Å². The number of hydrogen-bond acceptors (Lipinski definition) is 3. The first-order valence-electron chi connectivity index (χ1n) is 8.39. The van der Waals surface area contributed by atoms with Gasteiger partial charge < -0.3 is 10.4 Å². The molecule has 2 unspecified atom stereocenters. The van der Waals surface area contributed by atoms with Crippen LogP contribution < -0.4 is 5.32 Å². The zero-order valence-electron chi connectivity index (χ0n) is 13.9. The molecular formula is C20H21NO3S. The van der Waals surface area contributed by atoms with E-state index in [-0.39, 0.29) is 17.7 Å². The van der Waals surface area contributed by atoms with Crippen LogP contribution in [0.25, 0.3) is 0 Å². The summed E-state index contributed by atoms with van der Waals surface area (Å²) in [6, 6.07) is 17.5. The molecule has 0 aliphatic carbocycles. The standard InChI is InChI=1S/C20H21NO3S/c22-19(18-17-9-5-4-8-15(17)10-11-25-18)21-13-16(20(23)24)12-14-6-2-1-3-7-14/h1-9,16,18H,10-13H2,(H,21,22)(H,23,24). The minimum Gasteiger partial charge on any atom is -0.481 e. The Labute approximate surface area is 151 Å². The van der Waals surface area contributed by atoms with Crippen molar-refractivity contribution < 1.29 is 14.7 Å². The summed E-state index contributed by atoms with van der Waals surface area (Å²) in [6.45, 7) is 0.141. The van der Waals surface area contributed by atoms with Gasteiger partial charge in [0.2, 0.25) is 5.91 Å². The summed E-state index contributed by atoms with van der Waals surface area (Å²) in [7, 11) is 0. The molecule has 2 aromatic carbocycles. The Morgan fingerprint density at radius 2 is 1.84 bits per heavy atom. The van der Waals surface area contributed by atoms with Crippen molar-refractivity contribution in [2.75, 3.05) is 12.3 Å². The van der Waals surface area contributed by atoms with Crippen LogP contribution in [0.4, 0.5) is 0 Å². The third kappa shape index (κ3) is 4.42. The number of benzene rings is 2. The van der Waals surface area contributed by atoms with E-state index in [9.17, 15) is 14.7 Å². The highest BCUT2D eigenvalue weighted by Gasteiger charge is 2.28. The quantitative estimate of drug-likeness (QED) is 0.836. The summed E-state index contributed by atoms with van der Waals surface area (Å²) in [5, 5.41) is 12.1. The maximum atomic E-state index is 12.6. The fourth-order valence-corrected chi connectivity index (χ4v) is 4.29. The number of nitrogens with one attached hydrogen (secondary N) is 1. The van der Waals surface area contributed by atoms with Gasteiger partial charge in [-0.25, -0.2) is 0 Å². The molecule has 0 radical (unpaired) electrons. The minimum absolute atomic E-state index is 0.100. The number of thioether (sulfide) groups is 1. The largest absolute Gasteiger partial charge is 0.481 e. The first-order valence-corrected chi connectivity index (χ1v) is 9.44. The van der Waals surface area contributed by atoms with E-state index < -0.39 is 11.9 Å². The van der Waals surface area contributed by atoms with Crippen LogP contribution in [0.1, 0.15) is 21.9 Å². The van der Waals surface area contributed by atoms with E-state index in [1.165, 1.54) is 5.56 Å². The zero-order valence-corrected chi connectivity index (χ0v) is 14.7. The summed E-state index contributed by atoms with van der Waals surface area (Å²) >= 11 is 1.62. The Bertz CT molecular complexity index is 748. The maximum Gasteiger partial charge on any atom is 0.308 e. The van der Waals surface area contributed by atoms with Gasteiger partial charge in [0.15, 0.2) is 0 Å². The van der Waals surface area contributed by atoms with E-state index in [1.54, 1.807) is 11.8 Å². The van der Waals surface area contributed by atoms with Crippen LogP contribution in [0.2, 0.25) is 0 Å². The first-order chi connectivity index (χ1) is 12.1. The van der Waals surface area contributed by atoms with E-state index in [0.29, 0.717) is 6.42 Å². The normalized spacial score (nSPS) is 17.4. The Morgan fingerprint density at radius 1 is 1.12 bits per heavy atom. The molecule has 2 atom stereocenters. The van der Waals surface area contributed by atoms with Crippen molar-refractivity contribution in [3.05, 3.63) is 71.3 Å². The molecule has 1 amide bonds. The molecule has 0 bridgehead atoms. The summed E-state index contributed by atoms with van der Waals surface area (Å²) < 4.78 is 0. The lowest BCUT2D eigenvalue weighted by Crippen LogP contribution is -2.37. The van der Waals surface area contributed by atoms with Crippen molar-refractivity contribution >= 4 is 23.6 Å². The summed E-state index contributed by atoms with van der Waals surface area (Å²) in [5.41, 5.74) is 3.22. The lowest BCUT2D eigenvalue weighted by molar-refractivity contribution is -0.141. The van der Waals surface area contributed by atoms with Crippen LogP contribution in [0.5, 0.6) is 0 Å². The number of rotatable bonds is 6. The van der Waals surface area contributed by atoms with Crippen LogP contribution >= 0.6 is 11.8 Å². The average Bonchev–Trinajstić information content (AvgIpc) is 2.65. The number of aryl methyl sites for hydroxylation is 1. The molecule has 1 heterocycles. The molecule has 4 nitrogen and oxygen atoms in total. The number of hydrogen-bond donors (Lipinski definition) is 2. The second-order valence-corrected chi connectivity index (χ2v) is 7.38. The van der Waals surface area contributed by atoms with E-state index >= 15 is 0 Å². The van der Waals surface area contributed by atoms with Gasteiger partial charge >= 0.3 is 5.97 Å². The molecule has 130 valence electrons. The summed E-state index contributed by atoms with van der Waals surface area (Å²) in [6.07, 6.45) is 1.38. The van der Waals surface area contributed by atoms with Crippen molar-refractivity contribution in [1.29, 1.82) is 0 Å². The summed E-state index contributed by atoms with van der Waals surface area (Å²) in [4.78, 5) is 24.1. The monoisotopic (exact) mass is 355 g/mol. The molecule has 0 saturated heterocycles. The van der Waals surface area contributed by atoms with Crippen molar-refractivity contribution in [2.24, 2.45) is 5.92 Å². The lowest BCUT2D eigenvalue weighted by atomic mass is 9.98. The van der Waals surface area contributed by atoms with Gasteiger partial charge in [0.25, 0.3) is 0 Å². The van der Waals surface area contributed by atoms with Gasteiger partial charge in [0.1, 0.15) is 5.25 Å². The van der Waals surface area contributed by atoms with Gasteiger partial charge in [-0.1, -0.05) is 54.6 Å². The predicted molar refractivity (Wildman–Crippen MR) is 99.6 cm³/mol. The molecule has 0 fully saturated rings. The van der Waals surface area contributed by atoms with Crippen LogP contribution in [0.15, 0.2) is 54.6 Å². The number of carbonyl (C=O) groups is 2. The molecule has 0 saturated carbocycles. The number of amides is 1. The van der Waals surface area contributed by atoms with E-state index in [1.807, 2.05) is 48.5 Å². The highest BCUT2D eigenvalue weighted by atomic mass is 32.2. The molecule has 0 aromatic heterocycles. The Kier molecular flexibility index (Phi) is 5.76. The Balaban J connectivity index is 1.63. The Morgan fingerprint density at radius 3 is 2.60 bits per heavy atom. The van der Waals surface area contributed by atoms with Crippen molar-refractivity contribution in [2.45, 2.75) is 18.1 Å². The molecule has 0 spiro atoms. The number of carboxylic acids is 1. The molecule has 5 heteroatoms. The van der Waals surface area contributed by atoms with Crippen molar-refractivity contribution in [3.8, 4) is 0 Å². The Hall–Kier alpha value is -2.27. The minimum atomic E-state index is -0.888. The highest BCUT2D eigenvalue weighted by Crippen LogP contribution is 2.36. The van der Waals surface area contributed by atoms with E-state index in [0.717, 1.165) is 23.3 Å². The van der Waals surface area contributed by atoms with E-state index in [2.05, 4.69) is 11.4 Å². The van der Waals surface area contributed by atoms with Crippen LogP contribution in [-0.4, -0.2) is 29.3 Å². The van der Waals surface area contributed by atoms with Gasteiger partial charge in [-0.05, 0) is 35.3 Å². The van der Waals surface area contributed by atoms with Crippen molar-refractivity contribution in [1.82, 2.24) is 5.32 Å². The number of carbonyl (C=O) groups excluding carboxylic acids is 1. The second kappa shape index (κ2) is 8.21.